The third-order valence-corrected chi connectivity index (χ3v) is 5.73. The second kappa shape index (κ2) is 9.20. The van der Waals surface area contributed by atoms with Crippen molar-refractivity contribution in [3.63, 3.8) is 0 Å². The highest BCUT2D eigenvalue weighted by Gasteiger charge is 2.14. The van der Waals surface area contributed by atoms with E-state index in [1.54, 1.807) is 14.2 Å². The first-order valence-electron chi connectivity index (χ1n) is 6.92. The summed E-state index contributed by atoms with van der Waals surface area (Å²) in [7, 11) is 2.29. The van der Waals surface area contributed by atoms with Crippen molar-refractivity contribution in [1.29, 1.82) is 0 Å². The van der Waals surface area contributed by atoms with Crippen LogP contribution in [0.4, 0.5) is 0 Å². The molecule has 2 nitrogen and oxygen atoms in total. The van der Waals surface area contributed by atoms with Crippen molar-refractivity contribution in [2.45, 2.75) is 63.8 Å². The largest absolute Gasteiger partial charge is 0.400 e. The Balaban J connectivity index is 1.84. The van der Waals surface area contributed by atoms with E-state index in [-0.39, 0.29) is 0 Å². The molecule has 0 spiro atoms. The van der Waals surface area contributed by atoms with Gasteiger partial charge in [0.15, 0.2) is 0 Å². The highest BCUT2D eigenvalue weighted by molar-refractivity contribution is 6.44. The van der Waals surface area contributed by atoms with Crippen LogP contribution in [0.3, 0.4) is 0 Å². The molecule has 16 heavy (non-hydrogen) atoms. The summed E-state index contributed by atoms with van der Waals surface area (Å²) >= 11 is 0. The van der Waals surface area contributed by atoms with E-state index in [0.717, 1.165) is 5.92 Å². The molecular formula is C13H28O2Si. The number of hydrogen-bond acceptors (Lipinski definition) is 2. The normalized spacial score (nSPS) is 17.4. The lowest BCUT2D eigenvalue weighted by Gasteiger charge is -2.11. The van der Waals surface area contributed by atoms with E-state index in [0.29, 0.717) is 0 Å². The molecule has 0 saturated heterocycles. The lowest BCUT2D eigenvalue weighted by molar-refractivity contribution is 0.276. The quantitative estimate of drug-likeness (QED) is 0.455. The molecule has 0 aromatic heterocycles. The number of unbranched alkanes of at least 4 members (excludes halogenated alkanes) is 3. The first kappa shape index (κ1) is 14.2. The molecule has 0 aliphatic heterocycles. The maximum atomic E-state index is 5.30. The van der Waals surface area contributed by atoms with E-state index in [2.05, 4.69) is 0 Å². The van der Waals surface area contributed by atoms with Gasteiger partial charge in [-0.25, -0.2) is 0 Å². The fourth-order valence-corrected chi connectivity index (χ4v) is 4.01. The van der Waals surface area contributed by atoms with Crippen molar-refractivity contribution in [3.8, 4) is 0 Å². The third kappa shape index (κ3) is 6.02. The van der Waals surface area contributed by atoms with E-state index in [1.807, 2.05) is 0 Å². The SMILES string of the molecule is CO[SiH](CCCCCCC1CCCC1)OC. The van der Waals surface area contributed by atoms with Crippen molar-refractivity contribution in [2.24, 2.45) is 5.92 Å². The van der Waals surface area contributed by atoms with Crippen LogP contribution in [0.15, 0.2) is 0 Å². The molecule has 1 aliphatic rings. The number of hydrogen-bond donors (Lipinski definition) is 0. The number of rotatable bonds is 9. The molecule has 0 amide bonds. The van der Waals surface area contributed by atoms with Gasteiger partial charge in [-0.15, -0.1) is 0 Å². The predicted octanol–water partition coefficient (Wildman–Crippen LogP) is 3.64. The van der Waals surface area contributed by atoms with Gasteiger partial charge in [-0.2, -0.15) is 0 Å². The summed E-state index contributed by atoms with van der Waals surface area (Å²) in [6, 6.07) is 1.18. The molecular weight excluding hydrogens is 216 g/mol. The van der Waals surface area contributed by atoms with E-state index >= 15 is 0 Å². The summed E-state index contributed by atoms with van der Waals surface area (Å²) in [6.07, 6.45) is 13.0. The molecule has 1 fully saturated rings. The fourth-order valence-electron chi connectivity index (χ4n) is 2.73. The van der Waals surface area contributed by atoms with Crippen LogP contribution >= 0.6 is 0 Å². The van der Waals surface area contributed by atoms with Crippen LogP contribution in [0.1, 0.15) is 57.8 Å². The van der Waals surface area contributed by atoms with Gasteiger partial charge in [0.1, 0.15) is 0 Å². The summed E-state index contributed by atoms with van der Waals surface area (Å²) in [5.74, 6) is 1.07. The van der Waals surface area contributed by atoms with Crippen LogP contribution < -0.4 is 0 Å². The van der Waals surface area contributed by atoms with Gasteiger partial charge in [-0.05, 0) is 12.0 Å². The van der Waals surface area contributed by atoms with Crippen molar-refractivity contribution in [1.82, 2.24) is 0 Å². The highest BCUT2D eigenvalue weighted by atomic mass is 28.3. The minimum absolute atomic E-state index is 1.07. The fraction of sp³-hybridized carbons (Fsp3) is 1.00. The standard InChI is InChI=1S/C13H28O2Si/c1-14-16(15-2)12-8-4-3-5-9-13-10-6-7-11-13/h13,16H,3-12H2,1-2H3. The molecule has 0 heterocycles. The van der Waals surface area contributed by atoms with Crippen LogP contribution in [0.5, 0.6) is 0 Å². The molecule has 0 unspecified atom stereocenters. The molecule has 0 atom stereocenters. The second-order valence-corrected chi connectivity index (χ2v) is 7.42. The zero-order valence-electron chi connectivity index (χ0n) is 11.0. The van der Waals surface area contributed by atoms with Crippen molar-refractivity contribution in [3.05, 3.63) is 0 Å². The lowest BCUT2D eigenvalue weighted by atomic mass is 10.00. The third-order valence-electron chi connectivity index (χ3n) is 3.80. The summed E-state index contributed by atoms with van der Waals surface area (Å²) in [5.41, 5.74) is 0. The van der Waals surface area contributed by atoms with Crippen LogP contribution in [0, 0.1) is 5.92 Å². The summed E-state index contributed by atoms with van der Waals surface area (Å²) in [4.78, 5) is 0. The highest BCUT2D eigenvalue weighted by Crippen LogP contribution is 2.29. The molecule has 3 heteroatoms. The summed E-state index contributed by atoms with van der Waals surface area (Å²) in [5, 5.41) is 0. The molecule has 0 aromatic carbocycles. The summed E-state index contributed by atoms with van der Waals surface area (Å²) < 4.78 is 10.6. The van der Waals surface area contributed by atoms with Crippen molar-refractivity contribution >= 4 is 9.28 Å². The van der Waals surface area contributed by atoms with E-state index in [4.69, 9.17) is 8.85 Å². The van der Waals surface area contributed by atoms with Gasteiger partial charge in [-0.3, -0.25) is 0 Å². The maximum Gasteiger partial charge on any atom is 0.320 e. The molecule has 0 bridgehead atoms. The van der Waals surface area contributed by atoms with E-state index in [1.165, 1.54) is 63.8 Å². The molecule has 1 saturated carbocycles. The second-order valence-electron chi connectivity index (χ2n) is 5.04. The smallest absolute Gasteiger partial charge is 0.320 e. The molecule has 0 radical (unpaired) electrons. The Labute approximate surface area is 103 Å². The Hall–Kier alpha value is 0.137. The van der Waals surface area contributed by atoms with Crippen LogP contribution in [0.25, 0.3) is 0 Å². The van der Waals surface area contributed by atoms with Crippen LogP contribution in [-0.2, 0) is 8.85 Å². The Kier molecular flexibility index (Phi) is 8.16. The molecule has 1 aliphatic carbocycles. The Bertz CT molecular complexity index is 148. The Morgan fingerprint density at radius 1 is 0.938 bits per heavy atom. The van der Waals surface area contributed by atoms with Gasteiger partial charge in [-0.1, -0.05) is 57.8 Å². The van der Waals surface area contributed by atoms with Crippen LogP contribution in [0.2, 0.25) is 6.04 Å². The minimum atomic E-state index is -1.27. The van der Waals surface area contributed by atoms with E-state index in [9.17, 15) is 0 Å². The van der Waals surface area contributed by atoms with Gasteiger partial charge in [0.25, 0.3) is 0 Å². The van der Waals surface area contributed by atoms with Gasteiger partial charge in [0.05, 0.1) is 0 Å². The van der Waals surface area contributed by atoms with Gasteiger partial charge < -0.3 is 8.85 Å². The first-order valence-corrected chi connectivity index (χ1v) is 8.68. The van der Waals surface area contributed by atoms with Gasteiger partial charge in [0, 0.05) is 14.2 Å². The topological polar surface area (TPSA) is 18.5 Å². The van der Waals surface area contributed by atoms with Gasteiger partial charge in [0.2, 0.25) is 0 Å². The van der Waals surface area contributed by atoms with Crippen molar-refractivity contribution in [2.75, 3.05) is 14.2 Å². The Morgan fingerprint density at radius 2 is 1.56 bits per heavy atom. The predicted molar refractivity (Wildman–Crippen MR) is 71.0 cm³/mol. The van der Waals surface area contributed by atoms with E-state index < -0.39 is 9.28 Å². The minimum Gasteiger partial charge on any atom is -0.400 e. The zero-order chi connectivity index (χ0) is 11.6. The molecule has 1 rings (SSSR count). The zero-order valence-corrected chi connectivity index (χ0v) is 12.2. The Morgan fingerprint density at radius 3 is 2.19 bits per heavy atom. The molecule has 0 aromatic rings. The monoisotopic (exact) mass is 244 g/mol. The van der Waals surface area contributed by atoms with Crippen molar-refractivity contribution < 1.29 is 8.85 Å². The van der Waals surface area contributed by atoms with Crippen LogP contribution in [-0.4, -0.2) is 23.5 Å². The average molecular weight is 244 g/mol. The van der Waals surface area contributed by atoms with Gasteiger partial charge >= 0.3 is 9.28 Å². The first-order chi connectivity index (χ1) is 7.86. The maximum absolute atomic E-state index is 5.30. The summed E-state index contributed by atoms with van der Waals surface area (Å²) in [6.45, 7) is 0. The molecule has 96 valence electrons. The molecule has 0 N–H and O–H groups in total. The lowest BCUT2D eigenvalue weighted by Crippen LogP contribution is -2.18. The average Bonchev–Trinajstić information content (AvgIpc) is 2.81.